The van der Waals surface area contributed by atoms with Crippen LogP contribution in [0, 0.1) is 5.82 Å². The molecule has 0 atom stereocenters. The van der Waals surface area contributed by atoms with Crippen LogP contribution >= 0.6 is 11.6 Å². The Kier molecular flexibility index (Phi) is 3.97. The molecule has 0 saturated carbocycles. The van der Waals surface area contributed by atoms with E-state index < -0.39 is 0 Å². The maximum atomic E-state index is 14.0. The van der Waals surface area contributed by atoms with Crippen molar-refractivity contribution in [2.24, 2.45) is 0 Å². The summed E-state index contributed by atoms with van der Waals surface area (Å²) in [6, 6.07) is 4.87. The number of nitrogens with zero attached hydrogens (tertiary/aromatic N) is 3. The van der Waals surface area contributed by atoms with E-state index in [2.05, 4.69) is 10.1 Å². The monoisotopic (exact) mass is 267 g/mol. The molecule has 96 valence electrons. The highest BCUT2D eigenvalue weighted by molar-refractivity contribution is 6.17. The maximum Gasteiger partial charge on any atom is 0.151 e. The minimum Gasteiger partial charge on any atom is -0.216 e. The van der Waals surface area contributed by atoms with Crippen LogP contribution in [-0.4, -0.2) is 14.8 Å². The molecule has 0 spiro atoms. The molecule has 2 aromatic rings. The Morgan fingerprint density at radius 2 is 2.06 bits per heavy atom. The molecule has 0 aliphatic heterocycles. The van der Waals surface area contributed by atoms with Crippen molar-refractivity contribution in [2.75, 3.05) is 0 Å². The highest BCUT2D eigenvalue weighted by Gasteiger charge is 2.16. The highest BCUT2D eigenvalue weighted by Crippen LogP contribution is 2.21. The lowest BCUT2D eigenvalue weighted by atomic mass is 10.2. The molecule has 0 amide bonds. The van der Waals surface area contributed by atoms with Crippen LogP contribution < -0.4 is 0 Å². The molecule has 3 nitrogen and oxygen atoms in total. The minimum absolute atomic E-state index is 0.248. The fourth-order valence-electron chi connectivity index (χ4n) is 1.85. The first-order chi connectivity index (χ1) is 8.71. The van der Waals surface area contributed by atoms with Crippen LogP contribution in [0.4, 0.5) is 4.39 Å². The van der Waals surface area contributed by atoms with Crippen molar-refractivity contribution in [1.82, 2.24) is 14.8 Å². The first-order valence-corrected chi connectivity index (χ1v) is 6.53. The normalized spacial score (nSPS) is 10.9. The number of hydrogen-bond acceptors (Lipinski definition) is 2. The molecular formula is C13H15ClFN3. The van der Waals surface area contributed by atoms with Crippen LogP contribution in [0.5, 0.6) is 0 Å². The molecule has 0 fully saturated rings. The lowest BCUT2D eigenvalue weighted by molar-refractivity contribution is 0.603. The molecule has 2 rings (SSSR count). The van der Waals surface area contributed by atoms with E-state index in [1.165, 1.54) is 6.07 Å². The molecule has 0 N–H and O–H groups in total. The molecule has 0 aliphatic carbocycles. The van der Waals surface area contributed by atoms with Crippen LogP contribution in [-0.2, 0) is 18.7 Å². The van der Waals surface area contributed by atoms with Gasteiger partial charge in [0.15, 0.2) is 5.82 Å². The van der Waals surface area contributed by atoms with Gasteiger partial charge in [-0.1, -0.05) is 26.0 Å². The van der Waals surface area contributed by atoms with E-state index in [1.54, 1.807) is 16.8 Å². The third kappa shape index (κ3) is 2.25. The summed E-state index contributed by atoms with van der Waals surface area (Å²) in [4.78, 5) is 4.38. The fourth-order valence-corrected chi connectivity index (χ4v) is 2.07. The molecule has 0 aliphatic rings. The highest BCUT2D eigenvalue weighted by atomic mass is 35.5. The van der Waals surface area contributed by atoms with Gasteiger partial charge < -0.3 is 0 Å². The number of benzene rings is 1. The Morgan fingerprint density at radius 1 is 1.28 bits per heavy atom. The van der Waals surface area contributed by atoms with Gasteiger partial charge in [-0.15, -0.1) is 11.6 Å². The van der Waals surface area contributed by atoms with E-state index in [4.69, 9.17) is 11.6 Å². The zero-order valence-corrected chi connectivity index (χ0v) is 11.2. The van der Waals surface area contributed by atoms with Gasteiger partial charge >= 0.3 is 0 Å². The van der Waals surface area contributed by atoms with Gasteiger partial charge in [0.2, 0.25) is 0 Å². The summed E-state index contributed by atoms with van der Waals surface area (Å²) < 4.78 is 15.6. The van der Waals surface area contributed by atoms with E-state index in [-0.39, 0.29) is 11.7 Å². The molecule has 0 saturated heterocycles. The second-order valence-electron chi connectivity index (χ2n) is 3.94. The van der Waals surface area contributed by atoms with Crippen molar-refractivity contribution >= 4 is 11.6 Å². The summed E-state index contributed by atoms with van der Waals surface area (Å²) in [6.45, 7) is 3.95. The van der Waals surface area contributed by atoms with Crippen molar-refractivity contribution in [3.63, 3.8) is 0 Å². The predicted octanol–water partition coefficient (Wildman–Crippen LogP) is 3.27. The summed E-state index contributed by atoms with van der Waals surface area (Å²) in [6.07, 6.45) is 1.42. The van der Waals surface area contributed by atoms with Crippen LogP contribution in [0.3, 0.4) is 0 Å². The molecule has 0 unspecified atom stereocenters. The minimum atomic E-state index is -0.324. The molecule has 0 bridgehead atoms. The van der Waals surface area contributed by atoms with Gasteiger partial charge in [0, 0.05) is 18.7 Å². The van der Waals surface area contributed by atoms with Crippen LogP contribution in [0.25, 0.3) is 5.69 Å². The summed E-state index contributed by atoms with van der Waals surface area (Å²) in [5.74, 6) is 1.40. The molecular weight excluding hydrogens is 253 g/mol. The lowest BCUT2D eigenvalue weighted by Crippen LogP contribution is -2.07. The average Bonchev–Trinajstić information content (AvgIpc) is 2.81. The second-order valence-corrected chi connectivity index (χ2v) is 4.21. The molecule has 5 heteroatoms. The Morgan fingerprint density at radius 3 is 2.67 bits per heavy atom. The van der Waals surface area contributed by atoms with Gasteiger partial charge in [-0.2, -0.15) is 5.10 Å². The van der Waals surface area contributed by atoms with E-state index >= 15 is 0 Å². The first kappa shape index (κ1) is 13.0. The van der Waals surface area contributed by atoms with Crippen molar-refractivity contribution in [1.29, 1.82) is 0 Å². The third-order valence-corrected chi connectivity index (χ3v) is 3.06. The van der Waals surface area contributed by atoms with Crippen LogP contribution in [0.15, 0.2) is 18.2 Å². The van der Waals surface area contributed by atoms with Gasteiger partial charge in [-0.05, 0) is 11.6 Å². The Bertz CT molecular complexity index is 551. The predicted molar refractivity (Wildman–Crippen MR) is 69.6 cm³/mol. The topological polar surface area (TPSA) is 30.7 Å². The molecule has 18 heavy (non-hydrogen) atoms. The van der Waals surface area contributed by atoms with Gasteiger partial charge in [0.25, 0.3) is 0 Å². The van der Waals surface area contributed by atoms with Crippen molar-refractivity contribution in [2.45, 2.75) is 32.6 Å². The second kappa shape index (κ2) is 5.48. The third-order valence-electron chi connectivity index (χ3n) is 2.78. The molecule has 0 radical (unpaired) electrons. The van der Waals surface area contributed by atoms with E-state index in [0.29, 0.717) is 12.1 Å². The zero-order chi connectivity index (χ0) is 13.1. The quantitative estimate of drug-likeness (QED) is 0.796. The van der Waals surface area contributed by atoms with E-state index in [1.807, 2.05) is 13.8 Å². The van der Waals surface area contributed by atoms with Crippen LogP contribution in [0.1, 0.15) is 31.1 Å². The Hall–Kier alpha value is -1.42. The smallest absolute Gasteiger partial charge is 0.151 e. The van der Waals surface area contributed by atoms with E-state index in [0.717, 1.165) is 23.6 Å². The SMILES string of the molecule is CCc1nc(CC)n(-c2c(F)cccc2CCl)n1. The fraction of sp³-hybridized carbons (Fsp3) is 0.385. The number of hydrogen-bond donors (Lipinski definition) is 0. The summed E-state index contributed by atoms with van der Waals surface area (Å²) in [7, 11) is 0. The van der Waals surface area contributed by atoms with Crippen LogP contribution in [0.2, 0.25) is 0 Å². The Balaban J connectivity index is 2.64. The zero-order valence-electron chi connectivity index (χ0n) is 10.5. The summed E-state index contributed by atoms with van der Waals surface area (Å²) in [5.41, 5.74) is 1.13. The Labute approximate surface area is 111 Å². The van der Waals surface area contributed by atoms with Crippen molar-refractivity contribution in [3.05, 3.63) is 41.2 Å². The largest absolute Gasteiger partial charge is 0.216 e. The van der Waals surface area contributed by atoms with Gasteiger partial charge in [-0.3, -0.25) is 0 Å². The van der Waals surface area contributed by atoms with E-state index in [9.17, 15) is 4.39 Å². The van der Waals surface area contributed by atoms with Gasteiger partial charge in [0.05, 0.1) is 0 Å². The molecule has 1 heterocycles. The number of aromatic nitrogens is 3. The first-order valence-electron chi connectivity index (χ1n) is 5.99. The molecule has 1 aromatic heterocycles. The number of para-hydroxylation sites is 1. The number of rotatable bonds is 4. The summed E-state index contributed by atoms with van der Waals surface area (Å²) >= 11 is 5.86. The number of alkyl halides is 1. The maximum absolute atomic E-state index is 14.0. The lowest BCUT2D eigenvalue weighted by Gasteiger charge is -2.10. The average molecular weight is 268 g/mol. The van der Waals surface area contributed by atoms with Crippen molar-refractivity contribution in [3.8, 4) is 5.69 Å². The standard InChI is InChI=1S/C13H15ClFN3/c1-3-11-16-12(4-2)18(17-11)13-9(8-14)6-5-7-10(13)15/h5-7H,3-4,8H2,1-2H3. The summed E-state index contributed by atoms with van der Waals surface area (Å²) in [5, 5.41) is 4.35. The van der Waals surface area contributed by atoms with Gasteiger partial charge in [0.1, 0.15) is 17.3 Å². The number of aryl methyl sites for hydroxylation is 2. The van der Waals surface area contributed by atoms with Gasteiger partial charge in [-0.25, -0.2) is 14.1 Å². The molecule has 1 aromatic carbocycles. The number of halogens is 2. The van der Waals surface area contributed by atoms with Crippen molar-refractivity contribution < 1.29 is 4.39 Å².